The van der Waals surface area contributed by atoms with E-state index in [0.717, 1.165) is 0 Å². The van der Waals surface area contributed by atoms with Gasteiger partial charge < -0.3 is 9.64 Å². The van der Waals surface area contributed by atoms with E-state index < -0.39 is 11.6 Å². The van der Waals surface area contributed by atoms with E-state index in [1.807, 2.05) is 4.90 Å². The van der Waals surface area contributed by atoms with Crippen LogP contribution in [0.4, 0.5) is 14.5 Å². The monoisotopic (exact) mass is 291 g/mol. The van der Waals surface area contributed by atoms with Crippen LogP contribution >= 0.6 is 15.9 Å². The van der Waals surface area contributed by atoms with Gasteiger partial charge in [-0.3, -0.25) is 0 Å². The van der Waals surface area contributed by atoms with Crippen molar-refractivity contribution in [3.05, 3.63) is 29.3 Å². The average Bonchev–Trinajstić information content (AvgIpc) is 2.31. The van der Waals surface area contributed by atoms with E-state index in [9.17, 15) is 8.78 Å². The molecule has 5 heteroatoms. The fourth-order valence-electron chi connectivity index (χ4n) is 1.76. The molecule has 2 nitrogen and oxygen atoms in total. The molecule has 0 aromatic heterocycles. The van der Waals surface area contributed by atoms with Gasteiger partial charge >= 0.3 is 0 Å². The molecule has 1 aromatic carbocycles. The van der Waals surface area contributed by atoms with Crippen LogP contribution in [0.25, 0.3) is 0 Å². The van der Waals surface area contributed by atoms with Crippen molar-refractivity contribution < 1.29 is 13.5 Å². The Morgan fingerprint density at radius 3 is 2.56 bits per heavy atom. The van der Waals surface area contributed by atoms with Gasteiger partial charge in [0.15, 0.2) is 5.82 Å². The molecule has 0 radical (unpaired) electrons. The maximum Gasteiger partial charge on any atom is 0.153 e. The SMILES string of the molecule is Fc1ccc(N2CCOCC2)c(F)c1CBr. The second-order valence-corrected chi connectivity index (χ2v) is 4.15. The number of nitrogens with zero attached hydrogens (tertiary/aromatic N) is 1. The highest BCUT2D eigenvalue weighted by Gasteiger charge is 2.19. The van der Waals surface area contributed by atoms with Gasteiger partial charge in [0.2, 0.25) is 0 Å². The second-order valence-electron chi connectivity index (χ2n) is 3.59. The number of halogens is 3. The summed E-state index contributed by atoms with van der Waals surface area (Å²) in [6, 6.07) is 2.80. The zero-order valence-electron chi connectivity index (χ0n) is 8.68. The first-order valence-electron chi connectivity index (χ1n) is 5.09. The van der Waals surface area contributed by atoms with Crippen LogP contribution in [0.15, 0.2) is 12.1 Å². The van der Waals surface area contributed by atoms with Crippen LogP contribution in [0.3, 0.4) is 0 Å². The zero-order chi connectivity index (χ0) is 11.5. The number of ether oxygens (including phenoxy) is 1. The molecule has 1 aromatic rings. The summed E-state index contributed by atoms with van der Waals surface area (Å²) in [6.07, 6.45) is 0. The van der Waals surface area contributed by atoms with Crippen LogP contribution in [-0.4, -0.2) is 26.3 Å². The number of alkyl halides is 1. The first kappa shape index (κ1) is 11.8. The van der Waals surface area contributed by atoms with Crippen molar-refractivity contribution in [1.29, 1.82) is 0 Å². The molecule has 0 unspecified atom stereocenters. The van der Waals surface area contributed by atoms with Crippen LogP contribution in [0.2, 0.25) is 0 Å². The molecular formula is C11H12BrF2NO. The fraction of sp³-hybridized carbons (Fsp3) is 0.455. The maximum atomic E-state index is 14.0. The van der Waals surface area contributed by atoms with Gasteiger partial charge in [0.25, 0.3) is 0 Å². The number of morpholine rings is 1. The lowest BCUT2D eigenvalue weighted by Crippen LogP contribution is -2.36. The molecule has 0 saturated carbocycles. The van der Waals surface area contributed by atoms with Crippen LogP contribution in [-0.2, 0) is 10.1 Å². The molecule has 0 amide bonds. The van der Waals surface area contributed by atoms with E-state index in [1.165, 1.54) is 12.1 Å². The molecule has 1 fully saturated rings. The smallest absolute Gasteiger partial charge is 0.153 e. The third kappa shape index (κ3) is 2.20. The highest BCUT2D eigenvalue weighted by molar-refractivity contribution is 9.08. The Morgan fingerprint density at radius 1 is 1.25 bits per heavy atom. The van der Waals surface area contributed by atoms with Crippen molar-refractivity contribution in [3.63, 3.8) is 0 Å². The number of anilines is 1. The normalized spacial score (nSPS) is 16.6. The minimum absolute atomic E-state index is 0.0870. The average molecular weight is 292 g/mol. The molecule has 0 aliphatic carbocycles. The lowest BCUT2D eigenvalue weighted by atomic mass is 10.1. The van der Waals surface area contributed by atoms with E-state index >= 15 is 0 Å². The van der Waals surface area contributed by atoms with Crippen LogP contribution in [0, 0.1) is 11.6 Å². The highest BCUT2D eigenvalue weighted by atomic mass is 79.9. The summed E-state index contributed by atoms with van der Waals surface area (Å²) in [5.74, 6) is -0.981. The largest absolute Gasteiger partial charge is 0.378 e. The molecule has 1 saturated heterocycles. The molecule has 0 spiro atoms. The zero-order valence-corrected chi connectivity index (χ0v) is 10.3. The van der Waals surface area contributed by atoms with Gasteiger partial charge in [-0.1, -0.05) is 15.9 Å². The van der Waals surface area contributed by atoms with Gasteiger partial charge in [-0.05, 0) is 12.1 Å². The van der Waals surface area contributed by atoms with Gasteiger partial charge in [0.1, 0.15) is 5.82 Å². The Balaban J connectivity index is 2.33. The Kier molecular flexibility index (Phi) is 3.76. The minimum Gasteiger partial charge on any atom is -0.378 e. The third-order valence-corrected chi connectivity index (χ3v) is 3.21. The van der Waals surface area contributed by atoms with Crippen molar-refractivity contribution >= 4 is 21.6 Å². The maximum absolute atomic E-state index is 14.0. The van der Waals surface area contributed by atoms with Gasteiger partial charge in [-0.15, -0.1) is 0 Å². The number of benzene rings is 1. The lowest BCUT2D eigenvalue weighted by Gasteiger charge is -2.29. The predicted molar refractivity (Wildman–Crippen MR) is 62.0 cm³/mol. The summed E-state index contributed by atoms with van der Waals surface area (Å²) in [5, 5.41) is 0.183. The Labute approximate surface area is 101 Å². The van der Waals surface area contributed by atoms with Crippen LogP contribution in [0.1, 0.15) is 5.56 Å². The first-order chi connectivity index (χ1) is 7.74. The van der Waals surface area contributed by atoms with Crippen molar-refractivity contribution in [2.75, 3.05) is 31.2 Å². The first-order valence-corrected chi connectivity index (χ1v) is 6.21. The van der Waals surface area contributed by atoms with E-state index in [0.29, 0.717) is 32.0 Å². The van der Waals surface area contributed by atoms with Crippen LogP contribution < -0.4 is 4.90 Å². The van der Waals surface area contributed by atoms with E-state index in [1.54, 1.807) is 0 Å². The topological polar surface area (TPSA) is 12.5 Å². The summed E-state index contributed by atoms with van der Waals surface area (Å²) in [5.41, 5.74) is 0.545. The quantitative estimate of drug-likeness (QED) is 0.777. The number of hydrogen-bond acceptors (Lipinski definition) is 2. The van der Waals surface area contributed by atoms with Gasteiger partial charge in [-0.2, -0.15) is 0 Å². The number of hydrogen-bond donors (Lipinski definition) is 0. The Hall–Kier alpha value is -0.680. The summed E-state index contributed by atoms with van der Waals surface area (Å²) >= 11 is 3.09. The summed E-state index contributed by atoms with van der Waals surface area (Å²) in [6.45, 7) is 2.45. The van der Waals surface area contributed by atoms with Crippen LogP contribution in [0.5, 0.6) is 0 Å². The van der Waals surface area contributed by atoms with E-state index in [4.69, 9.17) is 4.74 Å². The molecule has 1 aliphatic heterocycles. The molecular weight excluding hydrogens is 280 g/mol. The third-order valence-electron chi connectivity index (χ3n) is 2.65. The second kappa shape index (κ2) is 5.10. The standard InChI is InChI=1S/C11H12BrF2NO/c12-7-8-9(13)1-2-10(11(8)14)15-3-5-16-6-4-15/h1-2H,3-7H2. The molecule has 0 bridgehead atoms. The minimum atomic E-state index is -0.508. The van der Waals surface area contributed by atoms with Crippen molar-refractivity contribution in [2.24, 2.45) is 0 Å². The molecule has 0 atom stereocenters. The lowest BCUT2D eigenvalue weighted by molar-refractivity contribution is 0.122. The molecule has 88 valence electrons. The summed E-state index contributed by atoms with van der Waals surface area (Å²) in [7, 11) is 0. The van der Waals surface area contributed by atoms with E-state index in [2.05, 4.69) is 15.9 Å². The van der Waals surface area contributed by atoms with Crippen molar-refractivity contribution in [1.82, 2.24) is 0 Å². The van der Waals surface area contributed by atoms with Crippen molar-refractivity contribution in [2.45, 2.75) is 5.33 Å². The Morgan fingerprint density at radius 2 is 1.94 bits per heavy atom. The predicted octanol–water partition coefficient (Wildman–Crippen LogP) is 2.70. The van der Waals surface area contributed by atoms with Gasteiger partial charge in [0.05, 0.1) is 18.9 Å². The molecule has 1 heterocycles. The molecule has 0 N–H and O–H groups in total. The van der Waals surface area contributed by atoms with Gasteiger partial charge in [0, 0.05) is 24.0 Å². The van der Waals surface area contributed by atoms with Crippen molar-refractivity contribution in [3.8, 4) is 0 Å². The summed E-state index contributed by atoms with van der Waals surface area (Å²) in [4.78, 5) is 1.88. The number of rotatable bonds is 2. The Bertz CT molecular complexity index is 380. The highest BCUT2D eigenvalue weighted by Crippen LogP contribution is 2.26. The van der Waals surface area contributed by atoms with Gasteiger partial charge in [-0.25, -0.2) is 8.78 Å². The molecule has 2 rings (SSSR count). The summed E-state index contributed by atoms with van der Waals surface area (Å²) < 4.78 is 32.4. The molecule has 16 heavy (non-hydrogen) atoms. The van der Waals surface area contributed by atoms with E-state index in [-0.39, 0.29) is 10.9 Å². The molecule has 1 aliphatic rings. The fourth-order valence-corrected chi connectivity index (χ4v) is 2.27.